The highest BCUT2D eigenvalue weighted by Gasteiger charge is 2.17. The van der Waals surface area contributed by atoms with Crippen LogP contribution in [0.3, 0.4) is 0 Å². The third kappa shape index (κ3) is 6.99. The van der Waals surface area contributed by atoms with E-state index in [-0.39, 0.29) is 0 Å². The number of unbranched alkanes of at least 4 members (excludes halogenated alkanes) is 1. The van der Waals surface area contributed by atoms with E-state index in [1.807, 2.05) is 0 Å². The predicted molar refractivity (Wildman–Crippen MR) is 143 cm³/mol. The molecule has 0 bridgehead atoms. The number of allylic oxidation sites excluding steroid dienone is 2. The molecule has 1 nitrogen and oxygen atoms in total. The lowest BCUT2D eigenvalue weighted by Crippen LogP contribution is -2.29. The average molecular weight is 434 g/mol. The van der Waals surface area contributed by atoms with Crippen molar-refractivity contribution in [2.75, 3.05) is 0 Å². The lowest BCUT2D eigenvalue weighted by molar-refractivity contribution is 0.548. The molecular weight excluding hydrogens is 386 g/mol. The Bertz CT molecular complexity index is 972. The van der Waals surface area contributed by atoms with Crippen LogP contribution < -0.4 is 10.6 Å². The van der Waals surface area contributed by atoms with Gasteiger partial charge in [0.1, 0.15) is 0 Å². The van der Waals surface area contributed by atoms with Crippen LogP contribution in [-0.2, 0) is 6.42 Å². The van der Waals surface area contributed by atoms with Crippen molar-refractivity contribution in [3.63, 3.8) is 0 Å². The molecule has 2 unspecified atom stereocenters. The minimum Gasteiger partial charge on any atom is -0.361 e. The summed E-state index contributed by atoms with van der Waals surface area (Å²) in [5.41, 5.74) is 7.55. The zero-order chi connectivity index (χ0) is 23.5. The first-order chi connectivity index (χ1) is 15.5. The summed E-state index contributed by atoms with van der Waals surface area (Å²) in [6, 6.07) is 11.7. The number of aromatic nitrogens is 1. The molecule has 176 valence electrons. The highest BCUT2D eigenvalue weighted by Crippen LogP contribution is 2.32. The molecule has 0 saturated carbocycles. The number of nitrogens with one attached hydrogen (secondary N) is 1. The van der Waals surface area contributed by atoms with Gasteiger partial charge in [0.15, 0.2) is 0 Å². The van der Waals surface area contributed by atoms with E-state index < -0.39 is 0 Å². The fourth-order valence-corrected chi connectivity index (χ4v) is 4.83. The number of hydrogen-bond acceptors (Lipinski definition) is 0. The van der Waals surface area contributed by atoms with Crippen molar-refractivity contribution in [2.45, 2.75) is 106 Å². The lowest BCUT2D eigenvalue weighted by Gasteiger charge is -2.22. The molecule has 0 radical (unpaired) electrons. The van der Waals surface area contributed by atoms with Crippen LogP contribution in [-0.4, -0.2) is 4.98 Å². The summed E-state index contributed by atoms with van der Waals surface area (Å²) in [6.45, 7) is 16.0. The van der Waals surface area contributed by atoms with Gasteiger partial charge < -0.3 is 4.98 Å². The van der Waals surface area contributed by atoms with Crippen molar-refractivity contribution >= 4 is 11.1 Å². The van der Waals surface area contributed by atoms with Gasteiger partial charge in [0.05, 0.1) is 0 Å². The van der Waals surface area contributed by atoms with E-state index in [1.54, 1.807) is 11.1 Å². The molecule has 0 aliphatic heterocycles. The van der Waals surface area contributed by atoms with Gasteiger partial charge in [-0.05, 0) is 92.7 Å². The molecule has 0 amide bonds. The Morgan fingerprint density at radius 2 is 1.81 bits per heavy atom. The zero-order valence-electron chi connectivity index (χ0n) is 21.9. The second-order valence-corrected chi connectivity index (χ2v) is 9.55. The van der Waals surface area contributed by atoms with Gasteiger partial charge >= 0.3 is 0 Å². The fourth-order valence-electron chi connectivity index (χ4n) is 4.83. The number of aryl methyl sites for hydroxylation is 1. The molecule has 0 aliphatic rings. The Morgan fingerprint density at radius 3 is 2.47 bits per heavy atom. The maximum Gasteiger partial charge on any atom is 0.0442 e. The Balaban J connectivity index is 2.47. The first kappa shape index (κ1) is 26.2. The van der Waals surface area contributed by atoms with Gasteiger partial charge in [-0.3, -0.25) is 0 Å². The van der Waals surface area contributed by atoms with E-state index in [1.165, 1.54) is 65.8 Å². The molecule has 32 heavy (non-hydrogen) atoms. The van der Waals surface area contributed by atoms with Gasteiger partial charge in [-0.15, -0.1) is 0 Å². The van der Waals surface area contributed by atoms with Gasteiger partial charge in [0.2, 0.25) is 0 Å². The Kier molecular flexibility index (Phi) is 11.1. The minimum absolute atomic E-state index is 0.470. The molecule has 2 rings (SSSR count). The van der Waals surface area contributed by atoms with Crippen LogP contribution in [0.5, 0.6) is 0 Å². The van der Waals surface area contributed by atoms with E-state index in [0.717, 1.165) is 12.8 Å². The number of aromatic amines is 1. The van der Waals surface area contributed by atoms with Crippen molar-refractivity contribution in [3.05, 3.63) is 69.9 Å². The van der Waals surface area contributed by atoms with E-state index in [9.17, 15) is 0 Å². The Morgan fingerprint density at radius 1 is 1.03 bits per heavy atom. The fraction of sp³-hybridized carbons (Fsp3) is 0.548. The second-order valence-electron chi connectivity index (χ2n) is 9.55. The molecular formula is C31H47N. The highest BCUT2D eigenvalue weighted by molar-refractivity contribution is 5.54. The maximum absolute atomic E-state index is 3.55. The molecule has 2 aromatic rings. The quantitative estimate of drug-likeness (QED) is 0.326. The van der Waals surface area contributed by atoms with Crippen molar-refractivity contribution in [2.24, 2.45) is 5.92 Å². The third-order valence-corrected chi connectivity index (χ3v) is 7.34. The molecule has 0 saturated heterocycles. The number of hydrogen-bond donors (Lipinski definition) is 1. The summed E-state index contributed by atoms with van der Waals surface area (Å²) < 4.78 is 0. The summed E-state index contributed by atoms with van der Waals surface area (Å²) in [4.78, 5) is 3.55. The molecule has 0 spiro atoms. The van der Waals surface area contributed by atoms with Gasteiger partial charge in [-0.1, -0.05) is 88.4 Å². The zero-order valence-corrected chi connectivity index (χ0v) is 21.9. The smallest absolute Gasteiger partial charge is 0.0442 e. The molecule has 2 atom stereocenters. The van der Waals surface area contributed by atoms with Crippen molar-refractivity contribution in [1.29, 1.82) is 0 Å². The summed E-state index contributed by atoms with van der Waals surface area (Å²) in [5.74, 6) is 1.11. The average Bonchev–Trinajstić information content (AvgIpc) is 3.30. The second kappa shape index (κ2) is 13.5. The van der Waals surface area contributed by atoms with Gasteiger partial charge in [-0.2, -0.15) is 0 Å². The SMILES string of the molecule is C/C=C(/C)C(C)/C(CCC(CCCC)c1cccc(CCC)c1)=c1/cc[nH]/c1=C(\C)CC. The Labute approximate surface area is 197 Å². The van der Waals surface area contributed by atoms with Gasteiger partial charge in [0.25, 0.3) is 0 Å². The lowest BCUT2D eigenvalue weighted by atomic mass is 9.83. The molecule has 1 heteroatoms. The monoisotopic (exact) mass is 433 g/mol. The highest BCUT2D eigenvalue weighted by atomic mass is 14.6. The van der Waals surface area contributed by atoms with Crippen LogP contribution in [0.15, 0.2) is 48.2 Å². The van der Waals surface area contributed by atoms with E-state index >= 15 is 0 Å². The van der Waals surface area contributed by atoms with Gasteiger partial charge in [-0.25, -0.2) is 0 Å². The minimum atomic E-state index is 0.470. The van der Waals surface area contributed by atoms with Crippen LogP contribution in [0.2, 0.25) is 0 Å². The van der Waals surface area contributed by atoms with E-state index in [4.69, 9.17) is 0 Å². The van der Waals surface area contributed by atoms with E-state index in [2.05, 4.69) is 96.1 Å². The molecule has 0 fully saturated rings. The molecule has 1 aromatic carbocycles. The largest absolute Gasteiger partial charge is 0.361 e. The van der Waals surface area contributed by atoms with Crippen LogP contribution in [0.25, 0.3) is 11.1 Å². The van der Waals surface area contributed by atoms with Crippen LogP contribution in [0.4, 0.5) is 0 Å². The van der Waals surface area contributed by atoms with Crippen molar-refractivity contribution in [3.8, 4) is 0 Å². The van der Waals surface area contributed by atoms with Crippen molar-refractivity contribution < 1.29 is 0 Å². The third-order valence-electron chi connectivity index (χ3n) is 7.34. The van der Waals surface area contributed by atoms with Gasteiger partial charge in [0, 0.05) is 11.5 Å². The summed E-state index contributed by atoms with van der Waals surface area (Å²) in [5, 5.41) is 2.78. The van der Waals surface area contributed by atoms with Crippen LogP contribution >= 0.6 is 0 Å². The first-order valence-electron chi connectivity index (χ1n) is 13.0. The summed E-state index contributed by atoms with van der Waals surface area (Å²) in [7, 11) is 0. The van der Waals surface area contributed by atoms with Crippen LogP contribution in [0.1, 0.15) is 110 Å². The molecule has 0 aliphatic carbocycles. The topological polar surface area (TPSA) is 15.8 Å². The van der Waals surface area contributed by atoms with Crippen LogP contribution in [0, 0.1) is 5.92 Å². The number of H-pyrrole nitrogens is 1. The molecule has 1 aromatic heterocycles. The number of rotatable bonds is 12. The standard InChI is InChI=1S/C31H47N/c1-8-12-16-27(28-17-13-15-26(22-28)14-9-2)18-19-29(25(7)23(5)10-3)30-20-21-32-31(30)24(6)11-4/h10,13,15,17,20-22,25,27,32H,8-9,11-12,14,16,18-19H2,1-7H3/b23-10-,30-29-,31-24+. The molecule has 1 heterocycles. The maximum atomic E-state index is 3.55. The predicted octanol–water partition coefficient (Wildman–Crippen LogP) is 8.06. The Hall–Kier alpha value is -2.02. The normalized spacial score (nSPS) is 16.0. The first-order valence-corrected chi connectivity index (χ1v) is 13.0. The number of benzene rings is 1. The van der Waals surface area contributed by atoms with Crippen molar-refractivity contribution in [1.82, 2.24) is 4.98 Å². The summed E-state index contributed by atoms with van der Waals surface area (Å²) >= 11 is 0. The van der Waals surface area contributed by atoms with E-state index in [0.29, 0.717) is 11.8 Å². The molecule has 1 N–H and O–H groups in total. The summed E-state index contributed by atoms with van der Waals surface area (Å²) in [6.07, 6.45) is 14.1.